The molecule has 34 heavy (non-hydrogen) atoms. The Balaban J connectivity index is 1.34. The molecule has 4 rings (SSSR count). The average molecular weight is 496 g/mol. The first-order chi connectivity index (χ1) is 16.5. The summed E-state index contributed by atoms with van der Waals surface area (Å²) < 4.78 is 0. The van der Waals surface area contributed by atoms with Gasteiger partial charge in [0, 0.05) is 57.2 Å². The van der Waals surface area contributed by atoms with E-state index in [1.165, 1.54) is 17.3 Å². The zero-order valence-corrected chi connectivity index (χ0v) is 21.2. The number of thioether (sulfide) groups is 1. The van der Waals surface area contributed by atoms with E-state index < -0.39 is 0 Å². The molecule has 0 radical (unpaired) electrons. The van der Waals surface area contributed by atoms with Gasteiger partial charge in [-0.2, -0.15) is 0 Å². The Bertz CT molecular complexity index is 1090. The number of anilines is 1. The van der Waals surface area contributed by atoms with Crippen molar-refractivity contribution in [1.29, 1.82) is 0 Å². The summed E-state index contributed by atoms with van der Waals surface area (Å²) in [5, 5.41) is 1.06. The first-order valence-electron chi connectivity index (χ1n) is 11.5. The van der Waals surface area contributed by atoms with Crippen LogP contribution in [0.1, 0.15) is 28.4 Å². The van der Waals surface area contributed by atoms with Crippen LogP contribution in [0, 0.1) is 0 Å². The summed E-state index contributed by atoms with van der Waals surface area (Å²) in [7, 11) is 2.00. The van der Waals surface area contributed by atoms with E-state index in [1.807, 2.05) is 54.4 Å². The molecule has 6 nitrogen and oxygen atoms in total. The second-order valence-corrected chi connectivity index (χ2v) is 9.71. The number of carbonyl (C=O) groups is 1. The van der Waals surface area contributed by atoms with Crippen LogP contribution >= 0.6 is 23.4 Å². The van der Waals surface area contributed by atoms with Gasteiger partial charge in [0.25, 0.3) is 5.91 Å². The fourth-order valence-electron chi connectivity index (χ4n) is 3.93. The molecule has 0 unspecified atom stereocenters. The molecular formula is C26H30ClN5OS. The molecule has 1 fully saturated rings. The predicted octanol–water partition coefficient (Wildman–Crippen LogP) is 4.84. The highest BCUT2D eigenvalue weighted by Crippen LogP contribution is 2.25. The number of likely N-dealkylation sites (N-methyl/N-ethyl adjacent to an activating group) is 1. The minimum atomic E-state index is 0.110. The highest BCUT2D eigenvalue weighted by atomic mass is 35.5. The molecule has 0 bridgehead atoms. The number of aromatic nitrogens is 2. The van der Waals surface area contributed by atoms with Crippen LogP contribution in [-0.2, 0) is 12.3 Å². The van der Waals surface area contributed by atoms with Gasteiger partial charge in [0.2, 0.25) is 0 Å². The third kappa shape index (κ3) is 6.50. The Kier molecular flexibility index (Phi) is 8.43. The number of hydrogen-bond donors (Lipinski definition) is 0. The third-order valence-electron chi connectivity index (χ3n) is 5.99. The maximum absolute atomic E-state index is 12.8. The lowest BCUT2D eigenvalue weighted by atomic mass is 10.1. The van der Waals surface area contributed by atoms with Crippen molar-refractivity contribution in [2.24, 2.45) is 0 Å². The van der Waals surface area contributed by atoms with Gasteiger partial charge in [0.05, 0.1) is 0 Å². The highest BCUT2D eigenvalue weighted by molar-refractivity contribution is 7.98. The molecule has 1 aromatic heterocycles. The fraction of sp³-hybridized carbons (Fsp3) is 0.346. The zero-order chi connectivity index (χ0) is 23.9. The van der Waals surface area contributed by atoms with Crippen LogP contribution in [0.15, 0.2) is 65.8 Å². The summed E-state index contributed by atoms with van der Waals surface area (Å²) in [6.45, 7) is 7.40. The first-order valence-corrected chi connectivity index (χ1v) is 12.9. The number of hydrogen-bond acceptors (Lipinski definition) is 6. The lowest BCUT2D eigenvalue weighted by Gasteiger charge is -2.34. The maximum atomic E-state index is 12.8. The molecule has 1 amide bonds. The number of carbonyl (C=O) groups excluding carboxylic acids is 1. The Morgan fingerprint density at radius 2 is 1.71 bits per heavy atom. The number of halogens is 1. The molecule has 1 aliphatic rings. The summed E-state index contributed by atoms with van der Waals surface area (Å²) in [6, 6.07) is 19.9. The second-order valence-electron chi connectivity index (χ2n) is 8.39. The molecule has 0 N–H and O–H groups in total. The fourth-order valence-corrected chi connectivity index (χ4v) is 4.96. The van der Waals surface area contributed by atoms with Gasteiger partial charge < -0.3 is 14.7 Å². The van der Waals surface area contributed by atoms with Gasteiger partial charge in [-0.1, -0.05) is 72.8 Å². The SMILES string of the molecule is CCN1CCN(C(=O)c2ccc(CSc3nc(Cl)cc(N(C)Cc4ccccc4)n3)cc2)CC1. The van der Waals surface area contributed by atoms with Crippen molar-refractivity contribution in [3.63, 3.8) is 0 Å². The molecule has 2 heterocycles. The van der Waals surface area contributed by atoms with E-state index >= 15 is 0 Å². The summed E-state index contributed by atoms with van der Waals surface area (Å²) in [6.07, 6.45) is 0. The predicted molar refractivity (Wildman–Crippen MR) is 140 cm³/mol. The normalized spacial score (nSPS) is 14.3. The van der Waals surface area contributed by atoms with Gasteiger partial charge in [0.15, 0.2) is 5.16 Å². The number of benzene rings is 2. The van der Waals surface area contributed by atoms with E-state index in [0.717, 1.165) is 56.2 Å². The minimum absolute atomic E-state index is 0.110. The molecule has 0 spiro atoms. The van der Waals surface area contributed by atoms with Gasteiger partial charge in [-0.05, 0) is 29.8 Å². The minimum Gasteiger partial charge on any atom is -0.355 e. The molecule has 8 heteroatoms. The lowest BCUT2D eigenvalue weighted by molar-refractivity contribution is 0.0643. The molecule has 1 saturated heterocycles. The van der Waals surface area contributed by atoms with E-state index in [0.29, 0.717) is 16.1 Å². The van der Waals surface area contributed by atoms with E-state index in [1.54, 1.807) is 6.07 Å². The van der Waals surface area contributed by atoms with E-state index in [2.05, 4.69) is 33.8 Å². The standard InChI is InChI=1S/C26H30ClN5OS/c1-3-31-13-15-32(16-14-31)25(33)22-11-9-21(10-12-22)19-34-26-28-23(27)17-24(29-26)30(2)18-20-7-5-4-6-8-20/h4-12,17H,3,13-16,18-19H2,1-2H3. The summed E-state index contributed by atoms with van der Waals surface area (Å²) >= 11 is 7.83. The highest BCUT2D eigenvalue weighted by Gasteiger charge is 2.21. The molecule has 0 aliphatic carbocycles. The third-order valence-corrected chi connectivity index (χ3v) is 7.10. The van der Waals surface area contributed by atoms with Crippen molar-refractivity contribution in [3.05, 3.63) is 82.5 Å². The Morgan fingerprint density at radius 3 is 2.38 bits per heavy atom. The van der Waals surface area contributed by atoms with Crippen molar-refractivity contribution in [2.45, 2.75) is 24.4 Å². The quantitative estimate of drug-likeness (QED) is 0.253. The van der Waals surface area contributed by atoms with Gasteiger partial charge in [-0.15, -0.1) is 0 Å². The number of piperazine rings is 1. The van der Waals surface area contributed by atoms with Crippen molar-refractivity contribution < 1.29 is 4.79 Å². The zero-order valence-electron chi connectivity index (χ0n) is 19.7. The number of nitrogens with zero attached hydrogens (tertiary/aromatic N) is 5. The van der Waals surface area contributed by atoms with Crippen molar-refractivity contribution >= 4 is 35.1 Å². The molecular weight excluding hydrogens is 466 g/mol. The van der Waals surface area contributed by atoms with Gasteiger partial charge in [-0.25, -0.2) is 9.97 Å². The van der Waals surface area contributed by atoms with E-state index in [-0.39, 0.29) is 5.91 Å². The Morgan fingerprint density at radius 1 is 1.00 bits per heavy atom. The largest absolute Gasteiger partial charge is 0.355 e. The van der Waals surface area contributed by atoms with Crippen LogP contribution in [0.25, 0.3) is 0 Å². The monoisotopic (exact) mass is 495 g/mol. The van der Waals surface area contributed by atoms with Gasteiger partial charge in [0.1, 0.15) is 11.0 Å². The average Bonchev–Trinajstić information content (AvgIpc) is 2.87. The molecule has 0 atom stereocenters. The number of amides is 1. The van der Waals surface area contributed by atoms with Crippen molar-refractivity contribution in [2.75, 3.05) is 44.7 Å². The van der Waals surface area contributed by atoms with Gasteiger partial charge >= 0.3 is 0 Å². The van der Waals surface area contributed by atoms with Crippen molar-refractivity contribution in [1.82, 2.24) is 19.8 Å². The smallest absolute Gasteiger partial charge is 0.253 e. The maximum Gasteiger partial charge on any atom is 0.253 e. The second kappa shape index (κ2) is 11.7. The van der Waals surface area contributed by atoms with Crippen LogP contribution in [0.2, 0.25) is 5.15 Å². The summed E-state index contributed by atoms with van der Waals surface area (Å²) in [5.41, 5.74) is 3.05. The summed E-state index contributed by atoms with van der Waals surface area (Å²) in [5.74, 6) is 1.60. The van der Waals surface area contributed by atoms with Crippen LogP contribution in [0.5, 0.6) is 0 Å². The summed E-state index contributed by atoms with van der Waals surface area (Å²) in [4.78, 5) is 28.3. The molecule has 178 valence electrons. The topological polar surface area (TPSA) is 52.6 Å². The van der Waals surface area contributed by atoms with E-state index in [4.69, 9.17) is 16.6 Å². The Hall–Kier alpha value is -2.61. The lowest BCUT2D eigenvalue weighted by Crippen LogP contribution is -2.48. The molecule has 1 aliphatic heterocycles. The first kappa shape index (κ1) is 24.5. The van der Waals surface area contributed by atoms with Crippen LogP contribution in [0.4, 0.5) is 5.82 Å². The van der Waals surface area contributed by atoms with Gasteiger partial charge in [-0.3, -0.25) is 4.79 Å². The molecule has 0 saturated carbocycles. The van der Waals surface area contributed by atoms with Crippen LogP contribution in [0.3, 0.4) is 0 Å². The van der Waals surface area contributed by atoms with Crippen molar-refractivity contribution in [3.8, 4) is 0 Å². The van der Waals surface area contributed by atoms with E-state index in [9.17, 15) is 4.79 Å². The number of rotatable bonds is 8. The molecule has 3 aromatic rings. The Labute approximate surface area is 210 Å². The molecule has 2 aromatic carbocycles. The van der Waals surface area contributed by atoms with Crippen LogP contribution in [-0.4, -0.2) is 65.4 Å². The van der Waals surface area contributed by atoms with Crippen LogP contribution < -0.4 is 4.90 Å².